The number of nitrogens with zero attached hydrogens (tertiary/aromatic N) is 1. The summed E-state index contributed by atoms with van der Waals surface area (Å²) < 4.78 is 0. The molecule has 0 amide bonds. The number of aromatic nitrogens is 1. The average molecular weight is 203 g/mol. The minimum absolute atomic E-state index is 0.376. The molecule has 2 N–H and O–H groups in total. The lowest BCUT2D eigenvalue weighted by atomic mass is 9.88. The molecule has 0 atom stereocenters. The molecule has 1 aromatic rings. The Hall–Kier alpha value is -1.09. The Morgan fingerprint density at radius 2 is 2.33 bits per heavy atom. The third-order valence-corrected chi connectivity index (χ3v) is 3.75. The average Bonchev–Trinajstić information content (AvgIpc) is 2.89. The van der Waals surface area contributed by atoms with E-state index in [1.165, 1.54) is 25.7 Å². The lowest BCUT2D eigenvalue weighted by molar-refractivity contribution is 0.407. The molecule has 2 aliphatic heterocycles. The molecule has 2 bridgehead atoms. The second-order valence-corrected chi connectivity index (χ2v) is 4.79. The Balaban J connectivity index is 1.62. The maximum atomic E-state index is 4.11. The molecule has 0 saturated carbocycles. The number of hydrogen-bond acceptors (Lipinski definition) is 3. The fourth-order valence-electron chi connectivity index (χ4n) is 2.86. The van der Waals surface area contributed by atoms with Gasteiger partial charge in [0, 0.05) is 30.5 Å². The third-order valence-electron chi connectivity index (χ3n) is 3.75. The molecule has 3 nitrogen and oxygen atoms in total. The lowest BCUT2D eigenvalue weighted by Gasteiger charge is -2.26. The summed E-state index contributed by atoms with van der Waals surface area (Å²) in [6, 6.07) is 4.84. The zero-order valence-corrected chi connectivity index (χ0v) is 8.87. The highest BCUT2D eigenvalue weighted by atomic mass is 15.1. The van der Waals surface area contributed by atoms with E-state index in [-0.39, 0.29) is 0 Å². The zero-order valence-electron chi connectivity index (χ0n) is 8.87. The van der Waals surface area contributed by atoms with Gasteiger partial charge in [-0.15, -0.1) is 0 Å². The van der Waals surface area contributed by atoms with Crippen LogP contribution < -0.4 is 10.6 Å². The van der Waals surface area contributed by atoms with Crippen molar-refractivity contribution in [2.24, 2.45) is 0 Å². The van der Waals surface area contributed by atoms with E-state index in [0.717, 1.165) is 18.3 Å². The predicted octanol–water partition coefficient (Wildman–Crippen LogP) is 1.78. The molecule has 1 aromatic heterocycles. The summed E-state index contributed by atoms with van der Waals surface area (Å²) in [6.45, 7) is 1.04. The highest BCUT2D eigenvalue weighted by Crippen LogP contribution is 2.37. The molecular weight excluding hydrogens is 186 g/mol. The Kier molecular flexibility index (Phi) is 2.13. The normalized spacial score (nSPS) is 33.2. The largest absolute Gasteiger partial charge is 0.382 e. The van der Waals surface area contributed by atoms with Crippen LogP contribution in [0.4, 0.5) is 5.69 Å². The first-order valence-electron chi connectivity index (χ1n) is 5.78. The SMILES string of the molecule is c1cncc(NCC23CCC(CC2)N3)c1. The van der Waals surface area contributed by atoms with Crippen LogP contribution in [0.1, 0.15) is 25.7 Å². The smallest absolute Gasteiger partial charge is 0.0527 e. The van der Waals surface area contributed by atoms with Crippen LogP contribution >= 0.6 is 0 Å². The van der Waals surface area contributed by atoms with Crippen LogP contribution in [0.3, 0.4) is 0 Å². The van der Waals surface area contributed by atoms with Gasteiger partial charge in [0.2, 0.25) is 0 Å². The Bertz CT molecular complexity index is 328. The maximum absolute atomic E-state index is 4.11. The standard InChI is InChI=1S/C12H17N3/c1-2-11(8-13-7-1)14-9-12-5-3-10(15-12)4-6-12/h1-2,7-8,10,14-15H,3-6,9H2. The van der Waals surface area contributed by atoms with Gasteiger partial charge < -0.3 is 10.6 Å². The van der Waals surface area contributed by atoms with Crippen molar-refractivity contribution in [3.05, 3.63) is 24.5 Å². The minimum atomic E-state index is 0.376. The van der Waals surface area contributed by atoms with Crippen LogP contribution in [0.5, 0.6) is 0 Å². The van der Waals surface area contributed by atoms with E-state index < -0.39 is 0 Å². The van der Waals surface area contributed by atoms with Crippen LogP contribution in [-0.2, 0) is 0 Å². The van der Waals surface area contributed by atoms with Gasteiger partial charge in [-0.1, -0.05) is 0 Å². The topological polar surface area (TPSA) is 37.0 Å². The Morgan fingerprint density at radius 3 is 2.93 bits per heavy atom. The number of hydrogen-bond donors (Lipinski definition) is 2. The van der Waals surface area contributed by atoms with Gasteiger partial charge in [-0.2, -0.15) is 0 Å². The summed E-state index contributed by atoms with van der Waals surface area (Å²) >= 11 is 0. The second-order valence-electron chi connectivity index (χ2n) is 4.79. The van der Waals surface area contributed by atoms with Crippen molar-refractivity contribution < 1.29 is 0 Å². The van der Waals surface area contributed by atoms with Crippen molar-refractivity contribution in [2.75, 3.05) is 11.9 Å². The Labute approximate surface area is 90.3 Å². The zero-order chi connectivity index (χ0) is 10.1. The first kappa shape index (κ1) is 9.16. The molecule has 0 spiro atoms. The molecular formula is C12H17N3. The van der Waals surface area contributed by atoms with Gasteiger partial charge in [-0.3, -0.25) is 4.98 Å². The van der Waals surface area contributed by atoms with Crippen LogP contribution in [0.15, 0.2) is 24.5 Å². The van der Waals surface area contributed by atoms with Gasteiger partial charge in [0.15, 0.2) is 0 Å². The molecule has 3 rings (SSSR count). The highest BCUT2D eigenvalue weighted by Gasteiger charge is 2.43. The predicted molar refractivity (Wildman–Crippen MR) is 60.8 cm³/mol. The summed E-state index contributed by atoms with van der Waals surface area (Å²) in [5.74, 6) is 0. The van der Waals surface area contributed by atoms with Crippen LogP contribution in [0.2, 0.25) is 0 Å². The van der Waals surface area contributed by atoms with Crippen molar-refractivity contribution in [3.8, 4) is 0 Å². The fraction of sp³-hybridized carbons (Fsp3) is 0.583. The number of pyridine rings is 1. The number of anilines is 1. The monoisotopic (exact) mass is 203 g/mol. The molecule has 15 heavy (non-hydrogen) atoms. The van der Waals surface area contributed by atoms with Gasteiger partial charge in [0.25, 0.3) is 0 Å². The number of rotatable bonds is 3. The van der Waals surface area contributed by atoms with Gasteiger partial charge >= 0.3 is 0 Å². The van der Waals surface area contributed by atoms with E-state index in [1.54, 1.807) is 0 Å². The highest BCUT2D eigenvalue weighted by molar-refractivity contribution is 5.40. The fourth-order valence-corrected chi connectivity index (χ4v) is 2.86. The lowest BCUT2D eigenvalue weighted by Crippen LogP contribution is -2.42. The molecule has 0 aliphatic carbocycles. The molecule has 80 valence electrons. The summed E-state index contributed by atoms with van der Waals surface area (Å²) in [7, 11) is 0. The van der Waals surface area contributed by atoms with Gasteiger partial charge in [0.05, 0.1) is 5.69 Å². The quantitative estimate of drug-likeness (QED) is 0.786. The number of nitrogens with one attached hydrogen (secondary N) is 2. The van der Waals surface area contributed by atoms with E-state index >= 15 is 0 Å². The summed E-state index contributed by atoms with van der Waals surface area (Å²) in [6.07, 6.45) is 9.06. The molecule has 0 radical (unpaired) electrons. The van der Waals surface area contributed by atoms with E-state index in [2.05, 4.69) is 21.7 Å². The first-order valence-corrected chi connectivity index (χ1v) is 5.78. The van der Waals surface area contributed by atoms with Crippen molar-refractivity contribution >= 4 is 5.69 Å². The van der Waals surface area contributed by atoms with Crippen molar-refractivity contribution in [1.82, 2.24) is 10.3 Å². The summed E-state index contributed by atoms with van der Waals surface area (Å²) in [4.78, 5) is 4.11. The van der Waals surface area contributed by atoms with Crippen molar-refractivity contribution in [2.45, 2.75) is 37.3 Å². The van der Waals surface area contributed by atoms with Crippen molar-refractivity contribution in [3.63, 3.8) is 0 Å². The molecule has 2 fully saturated rings. The second kappa shape index (κ2) is 3.49. The van der Waals surface area contributed by atoms with Crippen LogP contribution in [0.25, 0.3) is 0 Å². The molecule has 3 heteroatoms. The van der Waals surface area contributed by atoms with Gasteiger partial charge in [0.1, 0.15) is 0 Å². The Morgan fingerprint density at radius 1 is 1.47 bits per heavy atom. The van der Waals surface area contributed by atoms with Crippen molar-refractivity contribution in [1.29, 1.82) is 0 Å². The van der Waals surface area contributed by atoms with Gasteiger partial charge in [-0.05, 0) is 37.8 Å². The van der Waals surface area contributed by atoms with E-state index in [1.807, 2.05) is 18.5 Å². The third kappa shape index (κ3) is 1.72. The molecule has 0 aromatic carbocycles. The van der Waals surface area contributed by atoms with E-state index in [0.29, 0.717) is 5.54 Å². The maximum Gasteiger partial charge on any atom is 0.0527 e. The minimum Gasteiger partial charge on any atom is -0.382 e. The van der Waals surface area contributed by atoms with Gasteiger partial charge in [-0.25, -0.2) is 0 Å². The summed E-state index contributed by atoms with van der Waals surface area (Å²) in [5.41, 5.74) is 1.50. The van der Waals surface area contributed by atoms with Crippen LogP contribution in [-0.4, -0.2) is 23.1 Å². The molecule has 3 heterocycles. The van der Waals surface area contributed by atoms with E-state index in [4.69, 9.17) is 0 Å². The molecule has 2 aliphatic rings. The molecule has 0 unspecified atom stereocenters. The summed E-state index contributed by atoms with van der Waals surface area (Å²) in [5, 5.41) is 7.21. The van der Waals surface area contributed by atoms with E-state index in [9.17, 15) is 0 Å². The van der Waals surface area contributed by atoms with Crippen LogP contribution in [0, 0.1) is 0 Å². The number of fused-ring (bicyclic) bond motifs is 2. The molecule has 2 saturated heterocycles. The first-order chi connectivity index (χ1) is 7.36.